The number of primary amides is 1. The van der Waals surface area contributed by atoms with Gasteiger partial charge >= 0.3 is 0 Å². The van der Waals surface area contributed by atoms with Gasteiger partial charge in [-0.25, -0.2) is 0 Å². The van der Waals surface area contributed by atoms with Crippen LogP contribution in [0.4, 0.5) is 0 Å². The number of carbonyl (C=O) groups is 1. The molecule has 0 aliphatic heterocycles. The molecule has 0 aliphatic rings. The van der Waals surface area contributed by atoms with E-state index in [1.165, 1.54) is 0 Å². The van der Waals surface area contributed by atoms with Crippen LogP contribution in [0.25, 0.3) is 0 Å². The molecule has 1 amide bonds. The number of nitrogens with two attached hydrogens (primary N) is 1. The van der Waals surface area contributed by atoms with Crippen molar-refractivity contribution in [3.05, 3.63) is 23.8 Å². The molecule has 0 fully saturated rings. The maximum absolute atomic E-state index is 11.0. The van der Waals surface area contributed by atoms with Gasteiger partial charge in [0.25, 0.3) is 0 Å². The minimum absolute atomic E-state index is 0.0160. The Bertz CT molecular complexity index is 375. The van der Waals surface area contributed by atoms with Gasteiger partial charge in [0, 0.05) is 5.56 Å². The van der Waals surface area contributed by atoms with E-state index in [0.717, 1.165) is 0 Å². The molecule has 0 atom stereocenters. The van der Waals surface area contributed by atoms with Crippen molar-refractivity contribution >= 4 is 5.91 Å². The zero-order valence-corrected chi connectivity index (χ0v) is 9.82. The number of hydrogen-bond donors (Lipinski definition) is 1. The van der Waals surface area contributed by atoms with E-state index < -0.39 is 5.91 Å². The molecule has 0 unspecified atom stereocenters. The Morgan fingerprint density at radius 2 is 2.06 bits per heavy atom. The monoisotopic (exact) mass is 223 g/mol. The van der Waals surface area contributed by atoms with Crippen LogP contribution in [0.5, 0.6) is 11.5 Å². The summed E-state index contributed by atoms with van der Waals surface area (Å²) < 4.78 is 11.0. The van der Waals surface area contributed by atoms with Crippen LogP contribution in [-0.2, 0) is 0 Å². The van der Waals surface area contributed by atoms with Gasteiger partial charge in [-0.1, -0.05) is 0 Å². The Kier molecular flexibility index (Phi) is 4.17. The molecular weight excluding hydrogens is 206 g/mol. The van der Waals surface area contributed by atoms with Gasteiger partial charge in [-0.05, 0) is 39.0 Å². The van der Waals surface area contributed by atoms with Gasteiger partial charge in [-0.2, -0.15) is 0 Å². The lowest BCUT2D eigenvalue weighted by Crippen LogP contribution is -2.13. The summed E-state index contributed by atoms with van der Waals surface area (Å²) in [6.07, 6.45) is 0.0160. The van der Waals surface area contributed by atoms with E-state index in [-0.39, 0.29) is 6.10 Å². The fraction of sp³-hybridized carbons (Fsp3) is 0.417. The van der Waals surface area contributed by atoms with Crippen molar-refractivity contribution in [2.45, 2.75) is 26.9 Å². The molecular formula is C12H17NO3. The van der Waals surface area contributed by atoms with Crippen molar-refractivity contribution < 1.29 is 14.3 Å². The Morgan fingerprint density at radius 1 is 1.38 bits per heavy atom. The van der Waals surface area contributed by atoms with E-state index >= 15 is 0 Å². The van der Waals surface area contributed by atoms with Crippen LogP contribution in [0.15, 0.2) is 18.2 Å². The lowest BCUT2D eigenvalue weighted by Gasteiger charge is -2.14. The molecule has 16 heavy (non-hydrogen) atoms. The molecule has 0 radical (unpaired) electrons. The lowest BCUT2D eigenvalue weighted by molar-refractivity contribution is 0.0999. The first-order chi connectivity index (χ1) is 7.54. The topological polar surface area (TPSA) is 61.5 Å². The molecule has 2 N–H and O–H groups in total. The van der Waals surface area contributed by atoms with E-state index in [1.807, 2.05) is 20.8 Å². The maximum atomic E-state index is 11.0. The number of rotatable bonds is 5. The molecule has 4 nitrogen and oxygen atoms in total. The van der Waals surface area contributed by atoms with Crippen LogP contribution in [0.1, 0.15) is 31.1 Å². The molecule has 88 valence electrons. The summed E-state index contributed by atoms with van der Waals surface area (Å²) in [6, 6.07) is 4.93. The fourth-order valence-corrected chi connectivity index (χ4v) is 1.28. The number of benzene rings is 1. The third kappa shape index (κ3) is 3.15. The normalized spacial score (nSPS) is 10.2. The van der Waals surface area contributed by atoms with E-state index in [0.29, 0.717) is 23.7 Å². The van der Waals surface area contributed by atoms with Crippen molar-refractivity contribution in [1.29, 1.82) is 0 Å². The smallest absolute Gasteiger partial charge is 0.248 e. The third-order valence-corrected chi connectivity index (χ3v) is 1.89. The summed E-state index contributed by atoms with van der Waals surface area (Å²) in [5, 5.41) is 0. The van der Waals surface area contributed by atoms with Crippen molar-refractivity contribution in [2.24, 2.45) is 5.73 Å². The fourth-order valence-electron chi connectivity index (χ4n) is 1.28. The molecule has 0 saturated carbocycles. The molecule has 0 aromatic heterocycles. The van der Waals surface area contributed by atoms with Gasteiger partial charge in [0.15, 0.2) is 11.5 Å². The first-order valence-electron chi connectivity index (χ1n) is 5.28. The van der Waals surface area contributed by atoms with E-state index in [4.69, 9.17) is 15.2 Å². The summed E-state index contributed by atoms with van der Waals surface area (Å²) in [7, 11) is 0. The van der Waals surface area contributed by atoms with Gasteiger partial charge in [0.1, 0.15) is 0 Å². The molecule has 0 saturated heterocycles. The molecule has 4 heteroatoms. The van der Waals surface area contributed by atoms with Crippen LogP contribution in [0, 0.1) is 0 Å². The van der Waals surface area contributed by atoms with E-state index in [1.54, 1.807) is 18.2 Å². The summed E-state index contributed by atoms with van der Waals surface area (Å²) >= 11 is 0. The van der Waals surface area contributed by atoms with E-state index in [2.05, 4.69) is 0 Å². The molecule has 1 aromatic rings. The minimum Gasteiger partial charge on any atom is -0.490 e. The van der Waals surface area contributed by atoms with Crippen LogP contribution in [0.3, 0.4) is 0 Å². The van der Waals surface area contributed by atoms with Gasteiger partial charge in [-0.3, -0.25) is 4.79 Å². The Morgan fingerprint density at radius 3 is 2.56 bits per heavy atom. The van der Waals surface area contributed by atoms with Crippen LogP contribution in [-0.4, -0.2) is 18.6 Å². The summed E-state index contributed by atoms with van der Waals surface area (Å²) in [4.78, 5) is 11.0. The standard InChI is InChI=1S/C12H17NO3/c1-4-15-10-6-5-9(12(13)14)7-11(10)16-8(2)3/h5-8H,4H2,1-3H3,(H2,13,14). The van der Waals surface area contributed by atoms with Crippen molar-refractivity contribution in [3.8, 4) is 11.5 Å². The molecule has 0 heterocycles. The minimum atomic E-state index is -0.475. The Balaban J connectivity index is 3.05. The van der Waals surface area contributed by atoms with Crippen LogP contribution < -0.4 is 15.2 Å². The van der Waals surface area contributed by atoms with Crippen molar-refractivity contribution in [2.75, 3.05) is 6.61 Å². The highest BCUT2D eigenvalue weighted by Gasteiger charge is 2.10. The third-order valence-electron chi connectivity index (χ3n) is 1.89. The van der Waals surface area contributed by atoms with Gasteiger partial charge < -0.3 is 15.2 Å². The second kappa shape index (κ2) is 5.39. The first-order valence-corrected chi connectivity index (χ1v) is 5.28. The van der Waals surface area contributed by atoms with E-state index in [9.17, 15) is 4.79 Å². The average molecular weight is 223 g/mol. The number of carbonyl (C=O) groups excluding carboxylic acids is 1. The SMILES string of the molecule is CCOc1ccc(C(N)=O)cc1OC(C)C. The average Bonchev–Trinajstić information content (AvgIpc) is 2.19. The zero-order valence-electron chi connectivity index (χ0n) is 9.82. The summed E-state index contributed by atoms with van der Waals surface area (Å²) in [5.74, 6) is 0.700. The maximum Gasteiger partial charge on any atom is 0.248 e. The largest absolute Gasteiger partial charge is 0.490 e. The Labute approximate surface area is 95.3 Å². The number of ether oxygens (including phenoxy) is 2. The van der Waals surface area contributed by atoms with Gasteiger partial charge in [0.2, 0.25) is 5.91 Å². The molecule has 0 spiro atoms. The quantitative estimate of drug-likeness (QED) is 0.830. The first kappa shape index (κ1) is 12.4. The highest BCUT2D eigenvalue weighted by Crippen LogP contribution is 2.29. The predicted molar refractivity (Wildman–Crippen MR) is 61.9 cm³/mol. The predicted octanol–water partition coefficient (Wildman–Crippen LogP) is 1.97. The van der Waals surface area contributed by atoms with Crippen molar-refractivity contribution in [1.82, 2.24) is 0 Å². The zero-order chi connectivity index (χ0) is 12.1. The van der Waals surface area contributed by atoms with Gasteiger partial charge in [0.05, 0.1) is 12.7 Å². The Hall–Kier alpha value is -1.71. The molecule has 1 aromatic carbocycles. The summed E-state index contributed by atoms with van der Waals surface area (Å²) in [5.41, 5.74) is 5.62. The van der Waals surface area contributed by atoms with Crippen molar-refractivity contribution in [3.63, 3.8) is 0 Å². The molecule has 1 rings (SSSR count). The second-order valence-electron chi connectivity index (χ2n) is 3.63. The highest BCUT2D eigenvalue weighted by atomic mass is 16.5. The number of hydrogen-bond acceptors (Lipinski definition) is 3. The molecule has 0 bridgehead atoms. The van der Waals surface area contributed by atoms with Crippen LogP contribution in [0.2, 0.25) is 0 Å². The summed E-state index contributed by atoms with van der Waals surface area (Å²) in [6.45, 7) is 6.25. The highest BCUT2D eigenvalue weighted by molar-refractivity contribution is 5.93. The lowest BCUT2D eigenvalue weighted by atomic mass is 10.2. The molecule has 0 aliphatic carbocycles. The van der Waals surface area contributed by atoms with Crippen LogP contribution >= 0.6 is 0 Å². The number of amides is 1. The van der Waals surface area contributed by atoms with Gasteiger partial charge in [-0.15, -0.1) is 0 Å². The second-order valence-corrected chi connectivity index (χ2v) is 3.63.